The van der Waals surface area contributed by atoms with Crippen molar-refractivity contribution in [3.63, 3.8) is 0 Å². The van der Waals surface area contributed by atoms with E-state index in [1.807, 2.05) is 0 Å². The number of nitrogens with one attached hydrogen (secondary N) is 1. The minimum atomic E-state index is -1.26. The third-order valence-corrected chi connectivity index (χ3v) is 1.77. The highest BCUT2D eigenvalue weighted by Gasteiger charge is 2.15. The molecule has 1 aromatic rings. The van der Waals surface area contributed by atoms with E-state index in [9.17, 15) is 14.7 Å². The number of carboxylic acid groups (broad SMARTS) is 1. The van der Waals surface area contributed by atoms with Crippen molar-refractivity contribution in [3.8, 4) is 0 Å². The van der Waals surface area contributed by atoms with Crippen molar-refractivity contribution in [2.24, 2.45) is 0 Å². The molecule has 92 valence electrons. The Bertz CT molecular complexity index is 417. The minimum Gasteiger partial charge on any atom is -0.545 e. The van der Waals surface area contributed by atoms with E-state index < -0.39 is 17.7 Å². The molecule has 0 aliphatic heterocycles. The summed E-state index contributed by atoms with van der Waals surface area (Å²) in [6.45, 7) is 5.27. The van der Waals surface area contributed by atoms with Gasteiger partial charge < -0.3 is 14.6 Å². The van der Waals surface area contributed by atoms with E-state index in [0.717, 1.165) is 0 Å². The first kappa shape index (κ1) is 13.0. The van der Waals surface area contributed by atoms with E-state index in [1.165, 1.54) is 24.3 Å². The predicted molar refractivity (Wildman–Crippen MR) is 60.6 cm³/mol. The van der Waals surface area contributed by atoms with Crippen molar-refractivity contribution >= 4 is 17.7 Å². The molecule has 0 saturated heterocycles. The standard InChI is InChI=1S/C12H15NO4/c1-12(2,3)17-11(16)13-9-6-4-8(5-7-9)10(14)15/h4-7H,1-3H3,(H,13,16)(H,14,15)/p-1. The topological polar surface area (TPSA) is 78.5 Å². The number of rotatable bonds is 2. The molecule has 0 bridgehead atoms. The maximum absolute atomic E-state index is 11.4. The highest BCUT2D eigenvalue weighted by atomic mass is 16.6. The van der Waals surface area contributed by atoms with Crippen LogP contribution >= 0.6 is 0 Å². The van der Waals surface area contributed by atoms with Crippen molar-refractivity contribution in [3.05, 3.63) is 29.8 Å². The van der Waals surface area contributed by atoms with Gasteiger partial charge in [0.25, 0.3) is 0 Å². The lowest BCUT2D eigenvalue weighted by molar-refractivity contribution is -0.255. The Morgan fingerprint density at radius 2 is 1.71 bits per heavy atom. The highest BCUT2D eigenvalue weighted by molar-refractivity contribution is 5.88. The van der Waals surface area contributed by atoms with Gasteiger partial charge in [-0.15, -0.1) is 0 Å². The maximum Gasteiger partial charge on any atom is 0.412 e. The van der Waals surface area contributed by atoms with Crippen LogP contribution in [0.5, 0.6) is 0 Å². The smallest absolute Gasteiger partial charge is 0.412 e. The van der Waals surface area contributed by atoms with Gasteiger partial charge in [-0.3, -0.25) is 5.32 Å². The fourth-order valence-electron chi connectivity index (χ4n) is 1.11. The number of aromatic carboxylic acids is 1. The molecular weight excluding hydrogens is 222 g/mol. The molecular formula is C12H14NO4-. The molecule has 0 fully saturated rings. The number of anilines is 1. The van der Waals surface area contributed by atoms with Crippen molar-refractivity contribution < 1.29 is 19.4 Å². The van der Waals surface area contributed by atoms with Gasteiger partial charge in [-0.2, -0.15) is 0 Å². The minimum absolute atomic E-state index is 0.0553. The zero-order chi connectivity index (χ0) is 13.1. The second-order valence-electron chi connectivity index (χ2n) is 4.49. The molecule has 0 spiro atoms. The summed E-state index contributed by atoms with van der Waals surface area (Å²) in [7, 11) is 0. The number of carbonyl (C=O) groups is 2. The van der Waals surface area contributed by atoms with Gasteiger partial charge in [0, 0.05) is 5.69 Å². The van der Waals surface area contributed by atoms with E-state index in [-0.39, 0.29) is 5.56 Å². The second kappa shape index (κ2) is 4.86. The Morgan fingerprint density at radius 1 is 1.18 bits per heavy atom. The van der Waals surface area contributed by atoms with Crippen LogP contribution in [-0.4, -0.2) is 17.7 Å². The quantitative estimate of drug-likeness (QED) is 0.841. The van der Waals surface area contributed by atoms with Crippen LogP contribution in [0, 0.1) is 0 Å². The third kappa shape index (κ3) is 4.55. The van der Waals surface area contributed by atoms with Gasteiger partial charge in [0.2, 0.25) is 0 Å². The number of carbonyl (C=O) groups excluding carboxylic acids is 2. The molecule has 1 N–H and O–H groups in total. The Hall–Kier alpha value is -2.04. The Labute approximate surface area is 99.4 Å². The predicted octanol–water partition coefficient (Wildman–Crippen LogP) is 1.40. The van der Waals surface area contributed by atoms with E-state index in [0.29, 0.717) is 5.69 Å². The van der Waals surface area contributed by atoms with E-state index >= 15 is 0 Å². The average molecular weight is 236 g/mol. The van der Waals surface area contributed by atoms with Gasteiger partial charge >= 0.3 is 6.09 Å². The van der Waals surface area contributed by atoms with Crippen molar-refractivity contribution in [1.82, 2.24) is 0 Å². The van der Waals surface area contributed by atoms with Crippen LogP contribution in [0.3, 0.4) is 0 Å². The zero-order valence-electron chi connectivity index (χ0n) is 9.94. The zero-order valence-corrected chi connectivity index (χ0v) is 9.94. The molecule has 0 unspecified atom stereocenters. The normalized spacial score (nSPS) is 10.8. The van der Waals surface area contributed by atoms with Crippen LogP contribution in [0.15, 0.2) is 24.3 Å². The lowest BCUT2D eigenvalue weighted by atomic mass is 10.2. The van der Waals surface area contributed by atoms with Crippen LogP contribution in [-0.2, 0) is 4.74 Å². The van der Waals surface area contributed by atoms with Crippen LogP contribution in [0.4, 0.5) is 10.5 Å². The van der Waals surface area contributed by atoms with Crippen LogP contribution in [0.25, 0.3) is 0 Å². The molecule has 5 nitrogen and oxygen atoms in total. The summed E-state index contributed by atoms with van der Waals surface area (Å²) < 4.78 is 5.04. The number of ether oxygens (including phenoxy) is 1. The SMILES string of the molecule is CC(C)(C)OC(=O)Nc1ccc(C(=O)[O-])cc1. The van der Waals surface area contributed by atoms with E-state index in [1.54, 1.807) is 20.8 Å². The molecule has 0 heterocycles. The Balaban J connectivity index is 2.64. The number of hydrogen-bond acceptors (Lipinski definition) is 4. The molecule has 0 atom stereocenters. The van der Waals surface area contributed by atoms with Gasteiger partial charge in [-0.05, 0) is 38.5 Å². The largest absolute Gasteiger partial charge is 0.545 e. The lowest BCUT2D eigenvalue weighted by Crippen LogP contribution is -2.27. The average Bonchev–Trinajstić information content (AvgIpc) is 2.15. The van der Waals surface area contributed by atoms with Crippen LogP contribution in [0.2, 0.25) is 0 Å². The number of benzene rings is 1. The summed E-state index contributed by atoms with van der Waals surface area (Å²) in [5.74, 6) is -1.26. The first-order chi connectivity index (χ1) is 7.78. The first-order valence-electron chi connectivity index (χ1n) is 5.09. The maximum atomic E-state index is 11.4. The molecule has 1 amide bonds. The molecule has 1 rings (SSSR count). The van der Waals surface area contributed by atoms with Gasteiger partial charge in [-0.1, -0.05) is 12.1 Å². The third-order valence-electron chi connectivity index (χ3n) is 1.77. The van der Waals surface area contributed by atoms with Crippen molar-refractivity contribution in [1.29, 1.82) is 0 Å². The molecule has 1 aromatic carbocycles. The number of hydrogen-bond donors (Lipinski definition) is 1. The lowest BCUT2D eigenvalue weighted by Gasteiger charge is -2.19. The summed E-state index contributed by atoms with van der Waals surface area (Å²) in [5.41, 5.74) is -0.0568. The fourth-order valence-corrected chi connectivity index (χ4v) is 1.11. The van der Waals surface area contributed by atoms with E-state index in [4.69, 9.17) is 4.74 Å². The van der Waals surface area contributed by atoms with Crippen molar-refractivity contribution in [2.75, 3.05) is 5.32 Å². The summed E-state index contributed by atoms with van der Waals surface area (Å²) >= 11 is 0. The van der Waals surface area contributed by atoms with Crippen LogP contribution in [0.1, 0.15) is 31.1 Å². The molecule has 0 aliphatic rings. The monoisotopic (exact) mass is 236 g/mol. The molecule has 0 aliphatic carbocycles. The number of amides is 1. The first-order valence-corrected chi connectivity index (χ1v) is 5.09. The Morgan fingerprint density at radius 3 is 2.12 bits per heavy atom. The van der Waals surface area contributed by atoms with Crippen LogP contribution < -0.4 is 10.4 Å². The molecule has 17 heavy (non-hydrogen) atoms. The summed E-state index contributed by atoms with van der Waals surface area (Å²) in [6.07, 6.45) is -0.585. The molecule has 5 heteroatoms. The molecule has 0 radical (unpaired) electrons. The second-order valence-corrected chi connectivity index (χ2v) is 4.49. The molecule has 0 aromatic heterocycles. The van der Waals surface area contributed by atoms with Gasteiger partial charge in [-0.25, -0.2) is 4.79 Å². The van der Waals surface area contributed by atoms with Gasteiger partial charge in [0.15, 0.2) is 0 Å². The van der Waals surface area contributed by atoms with E-state index in [2.05, 4.69) is 5.32 Å². The molecule has 0 saturated carbocycles. The van der Waals surface area contributed by atoms with Gasteiger partial charge in [0.1, 0.15) is 5.60 Å². The summed E-state index contributed by atoms with van der Waals surface area (Å²) in [6, 6.07) is 5.63. The van der Waals surface area contributed by atoms with Crippen molar-refractivity contribution in [2.45, 2.75) is 26.4 Å². The Kier molecular flexibility index (Phi) is 3.73. The highest BCUT2D eigenvalue weighted by Crippen LogP contribution is 2.12. The summed E-state index contributed by atoms with van der Waals surface area (Å²) in [5, 5.41) is 13.0. The number of carboxylic acids is 1. The van der Waals surface area contributed by atoms with Gasteiger partial charge in [0.05, 0.1) is 5.97 Å². The summed E-state index contributed by atoms with van der Waals surface area (Å²) in [4.78, 5) is 21.9. The fraction of sp³-hybridized carbons (Fsp3) is 0.333.